The molecule has 0 spiro atoms. The van der Waals surface area contributed by atoms with Gasteiger partial charge in [-0.3, -0.25) is 4.99 Å². The first kappa shape index (κ1) is 12.5. The van der Waals surface area contributed by atoms with Gasteiger partial charge in [-0.2, -0.15) is 0 Å². The van der Waals surface area contributed by atoms with Crippen molar-refractivity contribution in [2.24, 2.45) is 10.9 Å². The third kappa shape index (κ3) is 6.53. The lowest BCUT2D eigenvalue weighted by atomic mass is 10.0. The molecule has 0 aromatic carbocycles. The molecular formula is C13H26N2. The van der Waals surface area contributed by atoms with Gasteiger partial charge in [0.2, 0.25) is 0 Å². The fraction of sp³-hybridized carbons (Fsp3) is 0.923. The van der Waals surface area contributed by atoms with Gasteiger partial charge in [0.25, 0.3) is 0 Å². The number of rotatable bonds is 7. The summed E-state index contributed by atoms with van der Waals surface area (Å²) >= 11 is 0. The number of amidine groups is 1. The predicted molar refractivity (Wildman–Crippen MR) is 67.5 cm³/mol. The van der Waals surface area contributed by atoms with E-state index in [1.54, 1.807) is 0 Å². The minimum atomic E-state index is 0.871. The molecule has 1 aliphatic rings. The van der Waals surface area contributed by atoms with Crippen LogP contribution < -0.4 is 5.32 Å². The van der Waals surface area contributed by atoms with Crippen molar-refractivity contribution in [3.63, 3.8) is 0 Å². The molecule has 0 aromatic heterocycles. The highest BCUT2D eigenvalue weighted by Gasteiger charge is 2.03. The van der Waals surface area contributed by atoms with E-state index < -0.39 is 0 Å². The first-order valence-electron chi connectivity index (χ1n) is 6.56. The minimum Gasteiger partial charge on any atom is -0.374 e. The Balaban J connectivity index is 1.81. The highest BCUT2D eigenvalue weighted by atomic mass is 15.0. The number of nitrogens with zero attached hydrogens (tertiary/aromatic N) is 1. The van der Waals surface area contributed by atoms with Crippen LogP contribution >= 0.6 is 0 Å². The molecule has 0 fully saturated rings. The second-order valence-corrected chi connectivity index (χ2v) is 4.96. The number of hydrogen-bond acceptors (Lipinski definition) is 2. The summed E-state index contributed by atoms with van der Waals surface area (Å²) in [5.74, 6) is 2.12. The summed E-state index contributed by atoms with van der Waals surface area (Å²) in [7, 11) is 0. The maximum absolute atomic E-state index is 4.40. The van der Waals surface area contributed by atoms with Crippen molar-refractivity contribution in [1.82, 2.24) is 5.32 Å². The highest BCUT2D eigenvalue weighted by Crippen LogP contribution is 2.09. The summed E-state index contributed by atoms with van der Waals surface area (Å²) in [6.45, 7) is 6.77. The molecule has 1 heterocycles. The van der Waals surface area contributed by atoms with Crippen molar-refractivity contribution in [2.75, 3.05) is 13.1 Å². The SMILES string of the molecule is CC(C)CCCCCCNC1=NCCC1. The monoisotopic (exact) mass is 210 g/mol. The third-order valence-corrected chi connectivity index (χ3v) is 2.91. The summed E-state index contributed by atoms with van der Waals surface area (Å²) in [6.07, 6.45) is 9.28. The third-order valence-electron chi connectivity index (χ3n) is 2.91. The van der Waals surface area contributed by atoms with Crippen LogP contribution in [-0.2, 0) is 0 Å². The van der Waals surface area contributed by atoms with Crippen LogP contribution in [0.4, 0.5) is 0 Å². The smallest absolute Gasteiger partial charge is 0.0963 e. The van der Waals surface area contributed by atoms with Crippen LogP contribution in [0.2, 0.25) is 0 Å². The number of nitrogens with one attached hydrogen (secondary N) is 1. The Bertz CT molecular complexity index is 185. The summed E-state index contributed by atoms with van der Waals surface area (Å²) < 4.78 is 0. The van der Waals surface area contributed by atoms with Crippen LogP contribution in [0.25, 0.3) is 0 Å². The zero-order chi connectivity index (χ0) is 10.9. The van der Waals surface area contributed by atoms with Gasteiger partial charge >= 0.3 is 0 Å². The van der Waals surface area contributed by atoms with E-state index in [2.05, 4.69) is 24.2 Å². The average molecular weight is 210 g/mol. The van der Waals surface area contributed by atoms with Gasteiger partial charge in [-0.05, 0) is 18.8 Å². The predicted octanol–water partition coefficient (Wildman–Crippen LogP) is 3.37. The van der Waals surface area contributed by atoms with E-state index in [-0.39, 0.29) is 0 Å². The lowest BCUT2D eigenvalue weighted by Crippen LogP contribution is -2.22. The van der Waals surface area contributed by atoms with Crippen LogP contribution in [-0.4, -0.2) is 18.9 Å². The van der Waals surface area contributed by atoms with Crippen molar-refractivity contribution in [3.8, 4) is 0 Å². The molecule has 1 rings (SSSR count). The van der Waals surface area contributed by atoms with E-state index in [4.69, 9.17) is 0 Å². The van der Waals surface area contributed by atoms with Gasteiger partial charge in [0.05, 0.1) is 5.84 Å². The summed E-state index contributed by atoms with van der Waals surface area (Å²) in [6, 6.07) is 0. The molecule has 15 heavy (non-hydrogen) atoms. The van der Waals surface area contributed by atoms with E-state index in [1.807, 2.05) is 0 Å². The molecule has 0 unspecified atom stereocenters. The van der Waals surface area contributed by atoms with Crippen molar-refractivity contribution in [1.29, 1.82) is 0 Å². The minimum absolute atomic E-state index is 0.871. The molecular weight excluding hydrogens is 184 g/mol. The zero-order valence-electron chi connectivity index (χ0n) is 10.4. The van der Waals surface area contributed by atoms with Gasteiger partial charge in [0.1, 0.15) is 0 Å². The highest BCUT2D eigenvalue weighted by molar-refractivity contribution is 5.83. The van der Waals surface area contributed by atoms with Crippen LogP contribution in [0.5, 0.6) is 0 Å². The van der Waals surface area contributed by atoms with Crippen molar-refractivity contribution >= 4 is 5.84 Å². The molecule has 88 valence electrons. The van der Waals surface area contributed by atoms with E-state index in [0.717, 1.165) is 19.0 Å². The molecule has 2 heteroatoms. The molecule has 2 nitrogen and oxygen atoms in total. The fourth-order valence-corrected chi connectivity index (χ4v) is 1.95. The van der Waals surface area contributed by atoms with Gasteiger partial charge in [0.15, 0.2) is 0 Å². The lowest BCUT2D eigenvalue weighted by molar-refractivity contribution is 0.519. The topological polar surface area (TPSA) is 24.4 Å². The molecule has 0 aliphatic carbocycles. The molecule has 1 aliphatic heterocycles. The Hall–Kier alpha value is -0.530. The molecule has 0 bridgehead atoms. The number of hydrogen-bond donors (Lipinski definition) is 1. The van der Waals surface area contributed by atoms with Crippen molar-refractivity contribution < 1.29 is 0 Å². The molecule has 0 aromatic rings. The molecule has 1 N–H and O–H groups in total. The van der Waals surface area contributed by atoms with E-state index >= 15 is 0 Å². The second kappa shape index (κ2) is 7.72. The summed E-state index contributed by atoms with van der Waals surface area (Å²) in [5, 5.41) is 3.43. The molecule has 0 radical (unpaired) electrons. The maximum Gasteiger partial charge on any atom is 0.0963 e. The average Bonchev–Trinajstić information content (AvgIpc) is 2.68. The molecule has 0 saturated heterocycles. The van der Waals surface area contributed by atoms with E-state index in [9.17, 15) is 0 Å². The van der Waals surface area contributed by atoms with Crippen molar-refractivity contribution in [3.05, 3.63) is 0 Å². The lowest BCUT2D eigenvalue weighted by Gasteiger charge is -2.06. The summed E-state index contributed by atoms with van der Waals surface area (Å²) in [5.41, 5.74) is 0. The Morgan fingerprint density at radius 2 is 2.00 bits per heavy atom. The Labute approximate surface area is 94.6 Å². The zero-order valence-corrected chi connectivity index (χ0v) is 10.4. The Kier molecular flexibility index (Phi) is 6.45. The number of unbranched alkanes of at least 4 members (excludes halogenated alkanes) is 3. The normalized spacial score (nSPS) is 15.8. The summed E-state index contributed by atoms with van der Waals surface area (Å²) in [4.78, 5) is 4.40. The van der Waals surface area contributed by atoms with Crippen LogP contribution in [0.15, 0.2) is 4.99 Å². The first-order valence-corrected chi connectivity index (χ1v) is 6.56. The van der Waals surface area contributed by atoms with Crippen LogP contribution in [0.3, 0.4) is 0 Å². The quantitative estimate of drug-likeness (QED) is 0.640. The molecule has 0 atom stereocenters. The largest absolute Gasteiger partial charge is 0.374 e. The number of aliphatic imine (C=N–C) groups is 1. The van der Waals surface area contributed by atoms with E-state index in [1.165, 1.54) is 50.8 Å². The molecule has 0 saturated carbocycles. The van der Waals surface area contributed by atoms with E-state index in [0.29, 0.717) is 0 Å². The van der Waals surface area contributed by atoms with Gasteiger partial charge < -0.3 is 5.32 Å². The molecule has 0 amide bonds. The Morgan fingerprint density at radius 1 is 1.20 bits per heavy atom. The first-order chi connectivity index (χ1) is 7.29. The van der Waals surface area contributed by atoms with Crippen LogP contribution in [0, 0.1) is 5.92 Å². The van der Waals surface area contributed by atoms with Gasteiger partial charge in [0, 0.05) is 19.5 Å². The van der Waals surface area contributed by atoms with Gasteiger partial charge in [-0.15, -0.1) is 0 Å². The standard InChI is InChI=1S/C13H26N2/c1-12(2)8-5-3-4-6-10-14-13-9-7-11-15-13/h12H,3-11H2,1-2H3,(H,14,15). The Morgan fingerprint density at radius 3 is 2.67 bits per heavy atom. The maximum atomic E-state index is 4.40. The van der Waals surface area contributed by atoms with Crippen LogP contribution in [0.1, 0.15) is 58.8 Å². The second-order valence-electron chi connectivity index (χ2n) is 4.96. The fourth-order valence-electron chi connectivity index (χ4n) is 1.95. The van der Waals surface area contributed by atoms with Gasteiger partial charge in [-0.25, -0.2) is 0 Å². The van der Waals surface area contributed by atoms with Crippen molar-refractivity contribution in [2.45, 2.75) is 58.8 Å². The van der Waals surface area contributed by atoms with Gasteiger partial charge in [-0.1, -0.05) is 39.5 Å².